The van der Waals surface area contributed by atoms with Crippen molar-refractivity contribution in [2.45, 2.75) is 39.0 Å². The number of aromatic nitrogens is 3. The molecule has 0 aliphatic rings. The van der Waals surface area contributed by atoms with Gasteiger partial charge in [-0.2, -0.15) is 0 Å². The fraction of sp³-hybridized carbons (Fsp3) is 0.400. The number of thioether (sulfide) groups is 1. The van der Waals surface area contributed by atoms with Crippen LogP contribution in [0, 0.1) is 0 Å². The minimum atomic E-state index is 0.0404. The minimum absolute atomic E-state index is 0.0404. The van der Waals surface area contributed by atoms with Crippen LogP contribution in [0.15, 0.2) is 53.7 Å². The number of rotatable bonds is 11. The summed E-state index contributed by atoms with van der Waals surface area (Å²) >= 11 is 1.42. The zero-order chi connectivity index (χ0) is 23.8. The van der Waals surface area contributed by atoms with Crippen LogP contribution in [-0.4, -0.2) is 58.6 Å². The third-order valence-corrected chi connectivity index (χ3v) is 6.54. The highest BCUT2D eigenvalue weighted by Crippen LogP contribution is 2.26. The van der Waals surface area contributed by atoms with Crippen LogP contribution < -0.4 is 9.64 Å². The third-order valence-electron chi connectivity index (χ3n) is 5.59. The predicted molar refractivity (Wildman–Crippen MR) is 135 cm³/mol. The van der Waals surface area contributed by atoms with Crippen molar-refractivity contribution in [2.24, 2.45) is 0 Å². The van der Waals surface area contributed by atoms with Crippen LogP contribution in [-0.2, 0) is 17.9 Å². The van der Waals surface area contributed by atoms with Gasteiger partial charge in [-0.05, 0) is 62.7 Å². The standard InChI is InChI=1S/C25H33N5O2S/c1-6-29(7-2)21-14-12-20(13-15-21)24-26-27-25(30(24)8-3)33-18-23(31)28(4)17-19-10-9-11-22(16-19)32-5/h9-16H,6-8,17-18H2,1-5H3. The number of methoxy groups -OCH3 is 1. The average molecular weight is 468 g/mol. The lowest BCUT2D eigenvalue weighted by Gasteiger charge is -2.21. The Bertz CT molecular complexity index is 1050. The van der Waals surface area contributed by atoms with Crippen LogP contribution in [0.1, 0.15) is 26.3 Å². The number of hydrogen-bond donors (Lipinski definition) is 0. The van der Waals surface area contributed by atoms with Gasteiger partial charge in [0, 0.05) is 44.5 Å². The van der Waals surface area contributed by atoms with Gasteiger partial charge < -0.3 is 19.1 Å². The molecule has 0 aliphatic carbocycles. The second-order valence-corrected chi connectivity index (χ2v) is 8.60. The topological polar surface area (TPSA) is 63.5 Å². The van der Waals surface area contributed by atoms with Gasteiger partial charge in [-0.3, -0.25) is 4.79 Å². The summed E-state index contributed by atoms with van der Waals surface area (Å²) in [6.07, 6.45) is 0. The maximum Gasteiger partial charge on any atom is 0.233 e. The van der Waals surface area contributed by atoms with Crippen molar-refractivity contribution in [2.75, 3.05) is 37.9 Å². The lowest BCUT2D eigenvalue weighted by Crippen LogP contribution is -2.27. The van der Waals surface area contributed by atoms with Gasteiger partial charge in [-0.15, -0.1) is 10.2 Å². The largest absolute Gasteiger partial charge is 0.497 e. The van der Waals surface area contributed by atoms with Gasteiger partial charge in [-0.25, -0.2) is 0 Å². The van der Waals surface area contributed by atoms with Gasteiger partial charge in [-0.1, -0.05) is 23.9 Å². The molecule has 0 spiro atoms. The number of hydrogen-bond acceptors (Lipinski definition) is 6. The summed E-state index contributed by atoms with van der Waals surface area (Å²) in [6.45, 7) is 9.59. The van der Waals surface area contributed by atoms with Crippen molar-refractivity contribution in [3.8, 4) is 17.1 Å². The third kappa shape index (κ3) is 6.07. The van der Waals surface area contributed by atoms with E-state index in [0.717, 1.165) is 47.5 Å². The molecule has 0 bridgehead atoms. The Morgan fingerprint density at radius 1 is 1.06 bits per heavy atom. The first-order valence-electron chi connectivity index (χ1n) is 11.3. The van der Waals surface area contributed by atoms with E-state index in [-0.39, 0.29) is 5.91 Å². The van der Waals surface area contributed by atoms with E-state index >= 15 is 0 Å². The minimum Gasteiger partial charge on any atom is -0.497 e. The maximum absolute atomic E-state index is 12.7. The van der Waals surface area contributed by atoms with E-state index in [2.05, 4.69) is 64.7 Å². The Balaban J connectivity index is 1.65. The van der Waals surface area contributed by atoms with E-state index < -0.39 is 0 Å². The molecular formula is C25H33N5O2S. The summed E-state index contributed by atoms with van der Waals surface area (Å²) in [7, 11) is 3.46. The van der Waals surface area contributed by atoms with Crippen LogP contribution in [0.2, 0.25) is 0 Å². The molecule has 1 aromatic heterocycles. The number of nitrogens with zero attached hydrogens (tertiary/aromatic N) is 5. The SMILES string of the molecule is CCN(CC)c1ccc(-c2nnc(SCC(=O)N(C)Cc3cccc(OC)c3)n2CC)cc1. The number of benzene rings is 2. The number of carbonyl (C=O) groups is 1. The highest BCUT2D eigenvalue weighted by atomic mass is 32.2. The van der Waals surface area contributed by atoms with Crippen molar-refractivity contribution in [1.29, 1.82) is 0 Å². The fourth-order valence-corrected chi connectivity index (χ4v) is 4.62. The summed E-state index contributed by atoms with van der Waals surface area (Å²) in [5.41, 5.74) is 3.25. The molecule has 2 aromatic carbocycles. The maximum atomic E-state index is 12.7. The number of ether oxygens (including phenoxy) is 1. The molecule has 0 N–H and O–H groups in total. The number of anilines is 1. The number of carbonyl (C=O) groups excluding carboxylic acids is 1. The predicted octanol–water partition coefficient (Wildman–Crippen LogP) is 4.57. The average Bonchev–Trinajstić information content (AvgIpc) is 3.26. The molecule has 0 saturated heterocycles. The van der Waals surface area contributed by atoms with Crippen LogP contribution in [0.4, 0.5) is 5.69 Å². The Hall–Kier alpha value is -3.00. The Morgan fingerprint density at radius 3 is 2.42 bits per heavy atom. The normalized spacial score (nSPS) is 10.8. The van der Waals surface area contributed by atoms with Crippen molar-refractivity contribution < 1.29 is 9.53 Å². The molecule has 0 fully saturated rings. The van der Waals surface area contributed by atoms with Crippen LogP contribution in [0.3, 0.4) is 0 Å². The highest BCUT2D eigenvalue weighted by Gasteiger charge is 2.17. The van der Waals surface area contributed by atoms with Gasteiger partial charge in [0.1, 0.15) is 5.75 Å². The summed E-state index contributed by atoms with van der Waals surface area (Å²) in [5, 5.41) is 9.54. The molecule has 7 nitrogen and oxygen atoms in total. The second kappa shape index (κ2) is 11.7. The van der Waals surface area contributed by atoms with E-state index in [1.807, 2.05) is 31.3 Å². The summed E-state index contributed by atoms with van der Waals surface area (Å²) < 4.78 is 7.33. The first-order valence-corrected chi connectivity index (χ1v) is 12.3. The molecular weight excluding hydrogens is 434 g/mol. The van der Waals surface area contributed by atoms with Crippen molar-refractivity contribution >= 4 is 23.4 Å². The van der Waals surface area contributed by atoms with E-state index in [9.17, 15) is 4.79 Å². The molecule has 0 radical (unpaired) electrons. The van der Waals surface area contributed by atoms with E-state index in [4.69, 9.17) is 4.74 Å². The molecule has 0 atom stereocenters. The molecule has 3 aromatic rings. The van der Waals surface area contributed by atoms with Crippen molar-refractivity contribution in [3.63, 3.8) is 0 Å². The van der Waals surface area contributed by atoms with Gasteiger partial charge in [0.25, 0.3) is 0 Å². The van der Waals surface area contributed by atoms with Crippen LogP contribution >= 0.6 is 11.8 Å². The molecule has 176 valence electrons. The quantitative estimate of drug-likeness (QED) is 0.385. The van der Waals surface area contributed by atoms with Crippen molar-refractivity contribution in [3.05, 3.63) is 54.1 Å². The van der Waals surface area contributed by atoms with Gasteiger partial charge in [0.2, 0.25) is 5.91 Å². The van der Waals surface area contributed by atoms with Crippen molar-refractivity contribution in [1.82, 2.24) is 19.7 Å². The molecule has 0 saturated carbocycles. The first-order chi connectivity index (χ1) is 16.0. The first kappa shape index (κ1) is 24.6. The summed E-state index contributed by atoms with van der Waals surface area (Å²) in [5.74, 6) is 1.96. The van der Waals surface area contributed by atoms with Crippen LogP contribution in [0.25, 0.3) is 11.4 Å². The van der Waals surface area contributed by atoms with Gasteiger partial charge >= 0.3 is 0 Å². The number of amides is 1. The Labute approximate surface area is 200 Å². The van der Waals surface area contributed by atoms with E-state index in [1.54, 1.807) is 12.0 Å². The zero-order valence-electron chi connectivity index (χ0n) is 20.1. The summed E-state index contributed by atoms with van der Waals surface area (Å²) in [6, 6.07) is 16.2. The Morgan fingerprint density at radius 2 is 1.79 bits per heavy atom. The highest BCUT2D eigenvalue weighted by molar-refractivity contribution is 7.99. The molecule has 0 unspecified atom stereocenters. The lowest BCUT2D eigenvalue weighted by atomic mass is 10.2. The molecule has 8 heteroatoms. The fourth-order valence-electron chi connectivity index (χ4n) is 3.67. The molecule has 33 heavy (non-hydrogen) atoms. The molecule has 1 amide bonds. The van der Waals surface area contributed by atoms with Gasteiger partial charge in [0.15, 0.2) is 11.0 Å². The van der Waals surface area contributed by atoms with E-state index in [1.165, 1.54) is 17.4 Å². The zero-order valence-corrected chi connectivity index (χ0v) is 20.9. The smallest absolute Gasteiger partial charge is 0.233 e. The molecule has 3 rings (SSSR count). The molecule has 0 aliphatic heterocycles. The summed E-state index contributed by atoms with van der Waals surface area (Å²) in [4.78, 5) is 16.8. The Kier molecular flexibility index (Phi) is 8.77. The van der Waals surface area contributed by atoms with Crippen LogP contribution in [0.5, 0.6) is 5.75 Å². The van der Waals surface area contributed by atoms with Gasteiger partial charge in [0.05, 0.1) is 12.9 Å². The van der Waals surface area contributed by atoms with E-state index in [0.29, 0.717) is 12.3 Å². The second-order valence-electron chi connectivity index (χ2n) is 7.66. The lowest BCUT2D eigenvalue weighted by molar-refractivity contribution is -0.127. The monoisotopic (exact) mass is 467 g/mol. The molecule has 1 heterocycles.